The van der Waals surface area contributed by atoms with Gasteiger partial charge >= 0.3 is 0 Å². The second kappa shape index (κ2) is 12.9. The number of aromatic nitrogens is 2. The van der Waals surface area contributed by atoms with Gasteiger partial charge in [-0.05, 0) is 29.3 Å². The van der Waals surface area contributed by atoms with Crippen LogP contribution in [0, 0.1) is 0 Å². The topological polar surface area (TPSA) is 146 Å². The molecule has 0 radical (unpaired) electrons. The minimum atomic E-state index is -3.52. The van der Waals surface area contributed by atoms with Gasteiger partial charge in [0.25, 0.3) is 11.5 Å². The third kappa shape index (κ3) is 7.43. The van der Waals surface area contributed by atoms with Crippen LogP contribution in [0.4, 0.5) is 0 Å². The Labute approximate surface area is 231 Å². The average molecular weight is 577 g/mol. The number of hydrogen-bond donors (Lipinski definition) is 2. The fourth-order valence-corrected chi connectivity index (χ4v) is 4.72. The summed E-state index contributed by atoms with van der Waals surface area (Å²) in [5.74, 6) is -0.765. The van der Waals surface area contributed by atoms with E-state index in [2.05, 4.69) is 15.7 Å². The van der Waals surface area contributed by atoms with Crippen LogP contribution in [0.3, 0.4) is 0 Å². The highest BCUT2D eigenvalue weighted by Crippen LogP contribution is 2.26. The second-order valence-electron chi connectivity index (χ2n) is 8.64. The van der Waals surface area contributed by atoms with Crippen molar-refractivity contribution in [1.29, 1.82) is 0 Å². The number of methoxy groups -OCH3 is 2. The molecule has 0 fully saturated rings. The monoisotopic (exact) mass is 576 g/mol. The number of benzene rings is 2. The van der Waals surface area contributed by atoms with E-state index in [0.29, 0.717) is 22.4 Å². The summed E-state index contributed by atoms with van der Waals surface area (Å²) in [5.41, 5.74) is 1.34. The Morgan fingerprint density at radius 3 is 2.41 bits per heavy atom. The Balaban J connectivity index is 1.87. The normalized spacial score (nSPS) is 12.0. The Morgan fingerprint density at radius 1 is 1.13 bits per heavy atom. The number of nitrogens with zero attached hydrogens (tertiary/aromatic N) is 2. The van der Waals surface area contributed by atoms with E-state index in [0.717, 1.165) is 6.26 Å². The maximum atomic E-state index is 13.0. The molecule has 0 spiro atoms. The largest absolute Gasteiger partial charge is 0.494 e. The van der Waals surface area contributed by atoms with Gasteiger partial charge in [-0.15, -0.1) is 0 Å². The fraction of sp³-hybridized carbons (Fsp3) is 0.308. The van der Waals surface area contributed by atoms with E-state index in [4.69, 9.17) is 21.1 Å². The van der Waals surface area contributed by atoms with Crippen molar-refractivity contribution >= 4 is 33.3 Å². The summed E-state index contributed by atoms with van der Waals surface area (Å²) in [4.78, 5) is 38.6. The van der Waals surface area contributed by atoms with Crippen LogP contribution in [0.2, 0.25) is 5.02 Å². The standard InChI is InChI=1S/C26H29ClN4O7S/c1-31-26(34)23(22(38-3)15-29-31)17-7-5-16(6-8-17)13-21(25(33)28-11-12-37-2)30-24(32)19-10-9-18(14-20(19)27)39(4,35)36/h5-10,14-15,21H,11-13H2,1-4H3,(H,28,33)(H,30,32)/t21-/m0/s1. The maximum absolute atomic E-state index is 13.0. The molecule has 0 saturated heterocycles. The summed E-state index contributed by atoms with van der Waals surface area (Å²) in [5, 5.41) is 9.29. The lowest BCUT2D eigenvalue weighted by Crippen LogP contribution is -2.48. The number of carbonyl (C=O) groups is 2. The van der Waals surface area contributed by atoms with Crippen LogP contribution in [0.5, 0.6) is 5.75 Å². The van der Waals surface area contributed by atoms with Crippen LogP contribution >= 0.6 is 11.6 Å². The highest BCUT2D eigenvalue weighted by Gasteiger charge is 2.24. The van der Waals surface area contributed by atoms with E-state index >= 15 is 0 Å². The summed E-state index contributed by atoms with van der Waals surface area (Å²) < 4.78 is 35.1. The van der Waals surface area contributed by atoms with Crippen LogP contribution in [-0.4, -0.2) is 69.7 Å². The molecule has 11 nitrogen and oxygen atoms in total. The number of halogens is 1. The fourth-order valence-electron chi connectivity index (χ4n) is 3.74. The minimum absolute atomic E-state index is 0.0229. The van der Waals surface area contributed by atoms with Crippen LogP contribution in [0.1, 0.15) is 15.9 Å². The van der Waals surface area contributed by atoms with Crippen molar-refractivity contribution < 1.29 is 27.5 Å². The van der Waals surface area contributed by atoms with Gasteiger partial charge in [-0.3, -0.25) is 14.4 Å². The summed E-state index contributed by atoms with van der Waals surface area (Å²) in [6.45, 7) is 0.512. The predicted octanol–water partition coefficient (Wildman–Crippen LogP) is 1.62. The van der Waals surface area contributed by atoms with Crippen molar-refractivity contribution in [3.05, 3.63) is 75.2 Å². The molecule has 0 aliphatic carbocycles. The van der Waals surface area contributed by atoms with Crippen molar-refractivity contribution in [3.8, 4) is 16.9 Å². The first kappa shape index (κ1) is 29.8. The lowest BCUT2D eigenvalue weighted by Gasteiger charge is -2.19. The van der Waals surface area contributed by atoms with Gasteiger partial charge in [0.05, 0.1) is 41.0 Å². The first-order valence-electron chi connectivity index (χ1n) is 11.7. The first-order chi connectivity index (χ1) is 18.5. The van der Waals surface area contributed by atoms with E-state index in [1.165, 1.54) is 50.3 Å². The van der Waals surface area contributed by atoms with Gasteiger partial charge in [0.2, 0.25) is 5.91 Å². The van der Waals surface area contributed by atoms with E-state index in [-0.39, 0.29) is 40.6 Å². The van der Waals surface area contributed by atoms with Gasteiger partial charge in [-0.25, -0.2) is 13.1 Å². The van der Waals surface area contributed by atoms with Gasteiger partial charge in [-0.2, -0.15) is 5.10 Å². The first-order valence-corrected chi connectivity index (χ1v) is 14.0. The number of hydrogen-bond acceptors (Lipinski definition) is 8. The van der Waals surface area contributed by atoms with Gasteiger partial charge in [0.15, 0.2) is 15.6 Å². The summed E-state index contributed by atoms with van der Waals surface area (Å²) in [6, 6.07) is 9.69. The molecule has 0 aliphatic rings. The van der Waals surface area contributed by atoms with E-state index in [1.54, 1.807) is 24.3 Å². The van der Waals surface area contributed by atoms with E-state index in [9.17, 15) is 22.8 Å². The predicted molar refractivity (Wildman–Crippen MR) is 146 cm³/mol. The van der Waals surface area contributed by atoms with Crippen LogP contribution < -0.4 is 20.9 Å². The van der Waals surface area contributed by atoms with Gasteiger partial charge in [0.1, 0.15) is 6.04 Å². The van der Waals surface area contributed by atoms with Crippen LogP contribution in [0.25, 0.3) is 11.1 Å². The number of rotatable bonds is 11. The van der Waals surface area contributed by atoms with E-state index < -0.39 is 27.7 Å². The Morgan fingerprint density at radius 2 is 1.82 bits per heavy atom. The zero-order chi connectivity index (χ0) is 28.7. The smallest absolute Gasteiger partial charge is 0.278 e. The van der Waals surface area contributed by atoms with E-state index in [1.807, 2.05) is 0 Å². The molecule has 3 aromatic rings. The zero-order valence-electron chi connectivity index (χ0n) is 21.9. The molecule has 0 saturated carbocycles. The number of carbonyl (C=O) groups excluding carboxylic acids is 2. The molecule has 39 heavy (non-hydrogen) atoms. The summed E-state index contributed by atoms with van der Waals surface area (Å²) in [7, 11) is 0.972. The Kier molecular flexibility index (Phi) is 9.84. The molecule has 3 rings (SSSR count). The summed E-state index contributed by atoms with van der Waals surface area (Å²) in [6.07, 6.45) is 2.61. The molecule has 0 unspecified atom stereocenters. The molecule has 208 valence electrons. The molecule has 2 aromatic carbocycles. The zero-order valence-corrected chi connectivity index (χ0v) is 23.4. The van der Waals surface area contributed by atoms with Crippen LogP contribution in [0.15, 0.2) is 58.4 Å². The third-order valence-corrected chi connectivity index (χ3v) is 7.27. The van der Waals surface area contributed by atoms with Crippen molar-refractivity contribution in [2.45, 2.75) is 17.4 Å². The lowest BCUT2D eigenvalue weighted by atomic mass is 10.0. The third-order valence-electron chi connectivity index (χ3n) is 5.85. The van der Waals surface area contributed by atoms with Crippen molar-refractivity contribution in [2.75, 3.05) is 33.6 Å². The van der Waals surface area contributed by atoms with Crippen LogP contribution in [-0.2, 0) is 32.8 Å². The van der Waals surface area contributed by atoms with Gasteiger partial charge < -0.3 is 20.1 Å². The average Bonchev–Trinajstić information content (AvgIpc) is 2.89. The highest BCUT2D eigenvalue weighted by molar-refractivity contribution is 7.90. The van der Waals surface area contributed by atoms with Gasteiger partial charge in [0, 0.05) is 33.4 Å². The molecule has 1 aromatic heterocycles. The molecular weight excluding hydrogens is 548 g/mol. The molecule has 0 aliphatic heterocycles. The highest BCUT2D eigenvalue weighted by atomic mass is 35.5. The molecule has 13 heteroatoms. The van der Waals surface area contributed by atoms with Crippen molar-refractivity contribution in [3.63, 3.8) is 0 Å². The number of ether oxygens (including phenoxy) is 2. The molecular formula is C26H29ClN4O7S. The Hall–Kier alpha value is -3.74. The quantitative estimate of drug-likeness (QED) is 0.327. The molecule has 1 heterocycles. The minimum Gasteiger partial charge on any atom is -0.494 e. The SMILES string of the molecule is COCCNC(=O)[C@H](Cc1ccc(-c2c(OC)cnn(C)c2=O)cc1)NC(=O)c1ccc(S(C)(=O)=O)cc1Cl. The van der Waals surface area contributed by atoms with Crippen molar-refractivity contribution in [1.82, 2.24) is 20.4 Å². The summed E-state index contributed by atoms with van der Waals surface area (Å²) >= 11 is 6.20. The molecule has 2 amide bonds. The maximum Gasteiger partial charge on any atom is 0.278 e. The van der Waals surface area contributed by atoms with Crippen molar-refractivity contribution in [2.24, 2.45) is 7.05 Å². The van der Waals surface area contributed by atoms with Gasteiger partial charge in [-0.1, -0.05) is 35.9 Å². The number of nitrogens with one attached hydrogen (secondary N) is 2. The molecule has 0 bridgehead atoms. The lowest BCUT2D eigenvalue weighted by molar-refractivity contribution is -0.123. The molecule has 2 N–H and O–H groups in total. The second-order valence-corrected chi connectivity index (χ2v) is 11.1. The Bertz CT molecular complexity index is 1520. The number of sulfone groups is 1. The number of amides is 2. The number of aryl methyl sites for hydroxylation is 1. The molecule has 1 atom stereocenters.